The number of likely N-dealkylation sites (tertiary alicyclic amines) is 1. The summed E-state index contributed by atoms with van der Waals surface area (Å²) in [4.78, 5) is 2.29. The quantitative estimate of drug-likeness (QED) is 0.559. The molecular weight excluding hydrogens is 442 g/mol. The number of nitrogens with zero attached hydrogens (tertiary/aromatic N) is 1. The molecule has 2 aliphatic heterocycles. The second-order valence-corrected chi connectivity index (χ2v) is 9.31. The van der Waals surface area contributed by atoms with Gasteiger partial charge in [-0.1, -0.05) is 36.4 Å². The number of aliphatic hydroxyl groups is 1. The van der Waals surface area contributed by atoms with Crippen LogP contribution in [0.1, 0.15) is 25.7 Å². The molecule has 1 fully saturated rings. The molecule has 0 bridgehead atoms. The van der Waals surface area contributed by atoms with Gasteiger partial charge >= 0.3 is 0 Å². The number of benzene rings is 2. The summed E-state index contributed by atoms with van der Waals surface area (Å²) >= 11 is 0. The van der Waals surface area contributed by atoms with E-state index in [1.165, 1.54) is 6.26 Å². The van der Waals surface area contributed by atoms with E-state index in [-0.39, 0.29) is 0 Å². The smallest absolute Gasteiger partial charge is 0.169 e. The zero-order chi connectivity index (χ0) is 24.0. The molecule has 1 saturated heterocycles. The van der Waals surface area contributed by atoms with Crippen LogP contribution in [0.2, 0.25) is 0 Å². The summed E-state index contributed by atoms with van der Waals surface area (Å²) in [6.45, 7) is 3.05. The number of fused-ring (bicyclic) bond motifs is 1. The van der Waals surface area contributed by atoms with E-state index in [9.17, 15) is 5.11 Å². The molecule has 2 aromatic rings. The summed E-state index contributed by atoms with van der Waals surface area (Å²) in [5.74, 6) is 3.37. The van der Waals surface area contributed by atoms with Crippen LogP contribution < -0.4 is 9.47 Å². The van der Waals surface area contributed by atoms with Gasteiger partial charge in [0, 0.05) is 11.9 Å². The van der Waals surface area contributed by atoms with E-state index in [0.29, 0.717) is 30.6 Å². The number of hydrogen-bond donors (Lipinski definition) is 1. The van der Waals surface area contributed by atoms with Gasteiger partial charge in [-0.05, 0) is 73.8 Å². The standard InChI is InChI=1S/C29H33NO5/c1-32-24-11-10-22-8-5-9-27(25(22)16-24)34-18-21-12-14-30(15-13-21)17-26(31)29-20-33-19-28(35-29)23-6-3-2-4-7-23/h2-3,5-6,8-11,16,19-21,26,31H,4,7,12-15,17-18H2,1H3/t26-/m0/s1. The van der Waals surface area contributed by atoms with Crippen LogP contribution in [0, 0.1) is 5.92 Å². The molecule has 0 unspecified atom stereocenters. The van der Waals surface area contributed by atoms with Crippen molar-refractivity contribution in [3.8, 4) is 11.5 Å². The van der Waals surface area contributed by atoms with Gasteiger partial charge in [0.15, 0.2) is 11.5 Å². The van der Waals surface area contributed by atoms with Crippen LogP contribution in [0.25, 0.3) is 10.8 Å². The molecule has 5 rings (SSSR count). The van der Waals surface area contributed by atoms with Gasteiger partial charge in [-0.2, -0.15) is 0 Å². The topological polar surface area (TPSA) is 60.4 Å². The third-order valence-electron chi connectivity index (χ3n) is 6.91. The third kappa shape index (κ3) is 5.72. The first kappa shape index (κ1) is 23.5. The maximum absolute atomic E-state index is 10.8. The minimum absolute atomic E-state index is 0.467. The van der Waals surface area contributed by atoms with Crippen molar-refractivity contribution in [2.24, 2.45) is 5.92 Å². The van der Waals surface area contributed by atoms with Gasteiger partial charge in [0.1, 0.15) is 30.1 Å². The van der Waals surface area contributed by atoms with Crippen molar-refractivity contribution >= 4 is 10.8 Å². The highest BCUT2D eigenvalue weighted by atomic mass is 16.6. The molecule has 0 saturated carbocycles. The molecule has 6 nitrogen and oxygen atoms in total. The van der Waals surface area contributed by atoms with Crippen LogP contribution in [0.3, 0.4) is 0 Å². The largest absolute Gasteiger partial charge is 0.497 e. The van der Waals surface area contributed by atoms with Gasteiger partial charge in [-0.25, -0.2) is 0 Å². The maximum atomic E-state index is 10.8. The lowest BCUT2D eigenvalue weighted by molar-refractivity contribution is 0.0597. The Morgan fingerprint density at radius 2 is 2.03 bits per heavy atom. The minimum atomic E-state index is -0.725. The lowest BCUT2D eigenvalue weighted by atomic mass is 9.97. The summed E-state index contributed by atoms with van der Waals surface area (Å²) in [5, 5.41) is 13.0. The molecule has 0 amide bonds. The Hall–Kier alpha value is -3.22. The van der Waals surface area contributed by atoms with Crippen molar-refractivity contribution in [1.29, 1.82) is 0 Å². The Morgan fingerprint density at radius 3 is 2.83 bits per heavy atom. The summed E-state index contributed by atoms with van der Waals surface area (Å²) in [7, 11) is 1.68. The lowest BCUT2D eigenvalue weighted by Gasteiger charge is -2.33. The number of β-amino-alcohol motifs (C(OH)–C–C–N with tert-alkyl or cyclic N) is 1. The molecule has 2 aromatic carbocycles. The van der Waals surface area contributed by atoms with Gasteiger partial charge in [-0.3, -0.25) is 0 Å². The first-order valence-electron chi connectivity index (χ1n) is 12.4. The summed E-state index contributed by atoms with van der Waals surface area (Å²) in [6, 6.07) is 12.2. The second kappa shape index (κ2) is 11.0. The molecule has 0 radical (unpaired) electrons. The van der Waals surface area contributed by atoms with E-state index >= 15 is 0 Å². The number of methoxy groups -OCH3 is 1. The molecule has 6 heteroatoms. The zero-order valence-electron chi connectivity index (χ0n) is 20.2. The first-order valence-corrected chi connectivity index (χ1v) is 12.4. The predicted octanol–water partition coefficient (Wildman–Crippen LogP) is 5.31. The van der Waals surface area contributed by atoms with Gasteiger partial charge in [0.05, 0.1) is 13.7 Å². The van der Waals surface area contributed by atoms with E-state index in [0.717, 1.165) is 66.6 Å². The van der Waals surface area contributed by atoms with Crippen LogP contribution in [0.5, 0.6) is 11.5 Å². The second-order valence-electron chi connectivity index (χ2n) is 9.31. The molecule has 0 aromatic heterocycles. The summed E-state index contributed by atoms with van der Waals surface area (Å²) in [6.07, 6.45) is 12.6. The lowest BCUT2D eigenvalue weighted by Crippen LogP contribution is -2.40. The van der Waals surface area contributed by atoms with Crippen molar-refractivity contribution in [3.63, 3.8) is 0 Å². The fourth-order valence-electron chi connectivity index (χ4n) is 4.79. The molecule has 3 aliphatic rings. The number of piperidine rings is 1. The van der Waals surface area contributed by atoms with Crippen LogP contribution in [0.15, 0.2) is 84.2 Å². The minimum Gasteiger partial charge on any atom is -0.497 e. The average Bonchev–Trinajstić information content (AvgIpc) is 2.93. The Kier molecular flexibility index (Phi) is 7.40. The maximum Gasteiger partial charge on any atom is 0.169 e. The molecule has 1 N–H and O–H groups in total. The number of hydrogen-bond acceptors (Lipinski definition) is 6. The monoisotopic (exact) mass is 475 g/mol. The summed E-state index contributed by atoms with van der Waals surface area (Å²) in [5.41, 5.74) is 1.09. The average molecular weight is 476 g/mol. The van der Waals surface area contributed by atoms with Crippen LogP contribution in [0.4, 0.5) is 0 Å². The number of ether oxygens (including phenoxy) is 4. The highest BCUT2D eigenvalue weighted by Crippen LogP contribution is 2.31. The number of allylic oxidation sites excluding steroid dienone is 4. The van der Waals surface area contributed by atoms with Crippen LogP contribution in [-0.2, 0) is 9.47 Å². The SMILES string of the molecule is COc1ccc2cccc(OCC3CCN(C[C@H](O)C4=COC=C(C5=CC=CCC5)O4)CC3)c2c1. The molecule has 0 spiro atoms. The zero-order valence-corrected chi connectivity index (χ0v) is 20.2. The number of rotatable bonds is 8. The van der Waals surface area contributed by atoms with Crippen LogP contribution in [-0.4, -0.2) is 49.5 Å². The Labute approximate surface area is 206 Å². The van der Waals surface area contributed by atoms with Crippen LogP contribution >= 0.6 is 0 Å². The van der Waals surface area contributed by atoms with E-state index in [1.54, 1.807) is 13.4 Å². The third-order valence-corrected chi connectivity index (χ3v) is 6.91. The van der Waals surface area contributed by atoms with E-state index in [2.05, 4.69) is 23.1 Å². The fourth-order valence-corrected chi connectivity index (χ4v) is 4.79. The molecule has 35 heavy (non-hydrogen) atoms. The van der Waals surface area contributed by atoms with Crippen molar-refractivity contribution in [1.82, 2.24) is 4.90 Å². The molecule has 1 atom stereocenters. The Morgan fingerprint density at radius 1 is 1.14 bits per heavy atom. The predicted molar refractivity (Wildman–Crippen MR) is 136 cm³/mol. The van der Waals surface area contributed by atoms with Crippen molar-refractivity contribution in [2.45, 2.75) is 31.8 Å². The highest BCUT2D eigenvalue weighted by molar-refractivity contribution is 5.89. The van der Waals surface area contributed by atoms with E-state index < -0.39 is 6.10 Å². The molecule has 2 heterocycles. The highest BCUT2D eigenvalue weighted by Gasteiger charge is 2.26. The van der Waals surface area contributed by atoms with Gasteiger partial charge < -0.3 is 29.0 Å². The van der Waals surface area contributed by atoms with Gasteiger partial charge in [0.2, 0.25) is 0 Å². The van der Waals surface area contributed by atoms with Crippen molar-refractivity contribution < 1.29 is 24.1 Å². The van der Waals surface area contributed by atoms with Crippen molar-refractivity contribution in [3.05, 3.63) is 84.2 Å². The summed E-state index contributed by atoms with van der Waals surface area (Å²) < 4.78 is 23.1. The Balaban J connectivity index is 1.10. The van der Waals surface area contributed by atoms with E-state index in [1.807, 2.05) is 36.4 Å². The van der Waals surface area contributed by atoms with Crippen molar-refractivity contribution in [2.75, 3.05) is 33.4 Å². The van der Waals surface area contributed by atoms with Gasteiger partial charge in [0.25, 0.3) is 0 Å². The first-order chi connectivity index (χ1) is 17.2. The number of aliphatic hydroxyl groups excluding tert-OH is 1. The fraction of sp³-hybridized carbons (Fsp3) is 0.379. The molecule has 184 valence electrons. The van der Waals surface area contributed by atoms with E-state index in [4.69, 9.17) is 18.9 Å². The molecular formula is C29H33NO5. The molecule has 1 aliphatic carbocycles. The Bertz CT molecular complexity index is 1160. The normalized spacial score (nSPS) is 19.8. The van der Waals surface area contributed by atoms with Gasteiger partial charge in [-0.15, -0.1) is 0 Å².